The van der Waals surface area contributed by atoms with Gasteiger partial charge in [-0.1, -0.05) is 0 Å². The molecule has 0 bridgehead atoms. The Bertz CT molecular complexity index is 209. The molecule has 1 heterocycles. The normalized spacial score (nSPS) is 28.1. The van der Waals surface area contributed by atoms with Crippen molar-refractivity contribution >= 4 is 16.6 Å². The summed E-state index contributed by atoms with van der Waals surface area (Å²) in [6.45, 7) is 1.93. The fourth-order valence-electron chi connectivity index (χ4n) is 2.31. The molecule has 0 spiro atoms. The number of rotatable bonds is 1. The molecule has 0 atom stereocenters. The molecule has 1 saturated heterocycles. The molecule has 0 aromatic rings. The maximum Gasteiger partial charge on any atom is 0.133 e. The molecule has 80 valence electrons. The van der Waals surface area contributed by atoms with Crippen LogP contribution in [0.25, 0.3) is 0 Å². The monoisotopic (exact) mass is 215 g/mol. The molecule has 2 aliphatic rings. The number of carbonyl (C=O) groups is 1. The van der Waals surface area contributed by atoms with Crippen molar-refractivity contribution in [3.05, 3.63) is 0 Å². The Morgan fingerprint density at radius 3 is 2.29 bits per heavy atom. The fourth-order valence-corrected chi connectivity index (χ4v) is 3.39. The number of nitrogens with zero attached hydrogens (tertiary/aromatic N) is 1. The van der Waals surface area contributed by atoms with Crippen molar-refractivity contribution in [3.63, 3.8) is 0 Å². The van der Waals surface area contributed by atoms with Gasteiger partial charge in [0.25, 0.3) is 0 Å². The van der Waals surface area contributed by atoms with Gasteiger partial charge in [-0.05, 0) is 12.8 Å². The highest BCUT2D eigenvalue weighted by Crippen LogP contribution is 2.21. The minimum Gasteiger partial charge on any atom is -0.300 e. The van der Waals surface area contributed by atoms with E-state index in [0.717, 1.165) is 50.3 Å². The van der Waals surface area contributed by atoms with Crippen molar-refractivity contribution in [2.24, 2.45) is 0 Å². The second-order valence-electron chi connectivity index (χ2n) is 4.15. The Kier molecular flexibility index (Phi) is 3.34. The van der Waals surface area contributed by atoms with Gasteiger partial charge in [0.2, 0.25) is 0 Å². The lowest BCUT2D eigenvalue weighted by Crippen LogP contribution is -2.45. The number of carbonyl (C=O) groups excluding carboxylic acids is 1. The van der Waals surface area contributed by atoms with Crippen LogP contribution in [0, 0.1) is 0 Å². The summed E-state index contributed by atoms with van der Waals surface area (Å²) in [6.07, 6.45) is 3.55. The van der Waals surface area contributed by atoms with Gasteiger partial charge in [0.05, 0.1) is 0 Å². The minimum atomic E-state index is -0.581. The second-order valence-corrected chi connectivity index (χ2v) is 5.85. The van der Waals surface area contributed by atoms with Gasteiger partial charge in [0, 0.05) is 54.3 Å². The highest BCUT2D eigenvalue weighted by molar-refractivity contribution is 7.85. The van der Waals surface area contributed by atoms with E-state index in [0.29, 0.717) is 11.8 Å². The molecule has 2 fully saturated rings. The van der Waals surface area contributed by atoms with E-state index in [2.05, 4.69) is 4.90 Å². The first kappa shape index (κ1) is 10.3. The molecule has 0 amide bonds. The molecule has 1 aliphatic carbocycles. The summed E-state index contributed by atoms with van der Waals surface area (Å²) in [5.74, 6) is 2.07. The van der Waals surface area contributed by atoms with E-state index >= 15 is 0 Å². The number of ketones is 1. The zero-order valence-corrected chi connectivity index (χ0v) is 9.22. The second kappa shape index (κ2) is 4.53. The van der Waals surface area contributed by atoms with E-state index in [4.69, 9.17) is 0 Å². The van der Waals surface area contributed by atoms with Crippen molar-refractivity contribution in [2.45, 2.75) is 31.7 Å². The van der Waals surface area contributed by atoms with Gasteiger partial charge in [0.15, 0.2) is 0 Å². The highest BCUT2D eigenvalue weighted by atomic mass is 32.2. The lowest BCUT2D eigenvalue weighted by Gasteiger charge is -2.35. The van der Waals surface area contributed by atoms with E-state index < -0.39 is 10.8 Å². The SMILES string of the molecule is O=C1CCC(N2CCS(=O)CC2)CC1. The lowest BCUT2D eigenvalue weighted by molar-refractivity contribution is -0.121. The molecular formula is C10H17NO2S. The third-order valence-electron chi connectivity index (χ3n) is 3.24. The minimum absolute atomic E-state index is 0.418. The van der Waals surface area contributed by atoms with Gasteiger partial charge in [0.1, 0.15) is 5.78 Å². The maximum atomic E-state index is 11.2. The van der Waals surface area contributed by atoms with E-state index in [9.17, 15) is 9.00 Å². The lowest BCUT2D eigenvalue weighted by atomic mass is 9.93. The molecule has 4 heteroatoms. The number of hydrogen-bond acceptors (Lipinski definition) is 3. The van der Waals surface area contributed by atoms with Crippen LogP contribution in [0.4, 0.5) is 0 Å². The topological polar surface area (TPSA) is 37.4 Å². The molecule has 0 aromatic heterocycles. The molecular weight excluding hydrogens is 198 g/mol. The van der Waals surface area contributed by atoms with Crippen LogP contribution in [0.5, 0.6) is 0 Å². The first-order valence-corrected chi connectivity index (χ1v) is 6.85. The third kappa shape index (κ3) is 2.42. The number of Topliss-reactive ketones (excluding diaryl/α,β-unsaturated/α-hetero) is 1. The molecule has 0 unspecified atom stereocenters. The summed E-state index contributed by atoms with van der Waals surface area (Å²) >= 11 is 0. The van der Waals surface area contributed by atoms with Crippen LogP contribution < -0.4 is 0 Å². The van der Waals surface area contributed by atoms with Crippen LogP contribution in [0.15, 0.2) is 0 Å². The Labute approximate surface area is 87.3 Å². The third-order valence-corrected chi connectivity index (χ3v) is 4.52. The fraction of sp³-hybridized carbons (Fsp3) is 0.900. The number of hydrogen-bond donors (Lipinski definition) is 0. The van der Waals surface area contributed by atoms with E-state index in [1.54, 1.807) is 0 Å². The van der Waals surface area contributed by atoms with Gasteiger partial charge in [-0.25, -0.2) is 0 Å². The van der Waals surface area contributed by atoms with Crippen molar-refractivity contribution in [1.82, 2.24) is 4.90 Å². The summed E-state index contributed by atoms with van der Waals surface area (Å²) in [5.41, 5.74) is 0. The predicted octanol–water partition coefficient (Wildman–Crippen LogP) is 0.562. The molecule has 0 radical (unpaired) electrons. The summed E-state index contributed by atoms with van der Waals surface area (Å²) in [4.78, 5) is 13.5. The van der Waals surface area contributed by atoms with Crippen LogP contribution in [0.1, 0.15) is 25.7 Å². The van der Waals surface area contributed by atoms with Crippen molar-refractivity contribution in [1.29, 1.82) is 0 Å². The smallest absolute Gasteiger partial charge is 0.133 e. The van der Waals surface area contributed by atoms with E-state index in [-0.39, 0.29) is 0 Å². The van der Waals surface area contributed by atoms with Crippen LogP contribution in [-0.4, -0.2) is 45.5 Å². The van der Waals surface area contributed by atoms with Crippen LogP contribution >= 0.6 is 0 Å². The largest absolute Gasteiger partial charge is 0.300 e. The summed E-state index contributed by atoms with van der Waals surface area (Å²) in [7, 11) is -0.581. The first-order chi connectivity index (χ1) is 6.75. The Morgan fingerprint density at radius 2 is 1.71 bits per heavy atom. The van der Waals surface area contributed by atoms with Crippen LogP contribution in [-0.2, 0) is 15.6 Å². The molecule has 0 N–H and O–H groups in total. The van der Waals surface area contributed by atoms with E-state index in [1.165, 1.54) is 0 Å². The summed E-state index contributed by atoms with van der Waals surface area (Å²) in [6, 6.07) is 0.588. The van der Waals surface area contributed by atoms with Gasteiger partial charge in [-0.2, -0.15) is 0 Å². The summed E-state index contributed by atoms with van der Waals surface area (Å²) in [5, 5.41) is 0. The molecule has 3 nitrogen and oxygen atoms in total. The van der Waals surface area contributed by atoms with Crippen molar-refractivity contribution in [2.75, 3.05) is 24.6 Å². The van der Waals surface area contributed by atoms with Crippen molar-refractivity contribution < 1.29 is 9.00 Å². The van der Waals surface area contributed by atoms with Gasteiger partial charge in [-0.3, -0.25) is 13.9 Å². The quantitative estimate of drug-likeness (QED) is 0.641. The molecule has 14 heavy (non-hydrogen) atoms. The average molecular weight is 215 g/mol. The van der Waals surface area contributed by atoms with Crippen LogP contribution in [0.2, 0.25) is 0 Å². The molecule has 1 aliphatic heterocycles. The van der Waals surface area contributed by atoms with Gasteiger partial charge >= 0.3 is 0 Å². The van der Waals surface area contributed by atoms with Crippen molar-refractivity contribution in [3.8, 4) is 0 Å². The van der Waals surface area contributed by atoms with Gasteiger partial charge < -0.3 is 0 Å². The Hall–Kier alpha value is -0.220. The molecule has 2 rings (SSSR count). The standard InChI is InChI=1S/C10H17NO2S/c12-10-3-1-9(2-4-10)11-5-7-14(13)8-6-11/h9H,1-8H2. The van der Waals surface area contributed by atoms with Gasteiger partial charge in [-0.15, -0.1) is 0 Å². The average Bonchev–Trinajstić information content (AvgIpc) is 2.21. The molecule has 0 aromatic carbocycles. The van der Waals surface area contributed by atoms with Crippen LogP contribution in [0.3, 0.4) is 0 Å². The van der Waals surface area contributed by atoms with E-state index in [1.807, 2.05) is 0 Å². The first-order valence-electron chi connectivity index (χ1n) is 5.36. The molecule has 1 saturated carbocycles. The highest BCUT2D eigenvalue weighted by Gasteiger charge is 2.26. The Morgan fingerprint density at radius 1 is 1.14 bits per heavy atom. The zero-order chi connectivity index (χ0) is 9.97. The zero-order valence-electron chi connectivity index (χ0n) is 8.41. The predicted molar refractivity (Wildman–Crippen MR) is 56.7 cm³/mol. The Balaban J connectivity index is 1.83. The summed E-state index contributed by atoms with van der Waals surface area (Å²) < 4.78 is 11.2. The maximum absolute atomic E-state index is 11.2.